The molecule has 0 bridgehead atoms. The molecule has 0 spiro atoms. The van der Waals surface area contributed by atoms with E-state index in [1.165, 1.54) is 16.3 Å². The third kappa shape index (κ3) is 4.17. The minimum atomic E-state index is -0.184. The molecule has 0 aliphatic carbocycles. The van der Waals surface area contributed by atoms with Crippen LogP contribution in [0.25, 0.3) is 10.8 Å². The van der Waals surface area contributed by atoms with Crippen molar-refractivity contribution in [3.05, 3.63) is 77.9 Å². The van der Waals surface area contributed by atoms with Crippen LogP contribution in [0.4, 0.5) is 5.69 Å². The fourth-order valence-corrected chi connectivity index (χ4v) is 2.83. The first kappa shape index (κ1) is 17.0. The van der Waals surface area contributed by atoms with E-state index in [4.69, 9.17) is 5.11 Å². The predicted molar refractivity (Wildman–Crippen MR) is 102 cm³/mol. The molecule has 1 atom stereocenters. The van der Waals surface area contributed by atoms with Crippen LogP contribution in [0.5, 0.6) is 0 Å². The summed E-state index contributed by atoms with van der Waals surface area (Å²) in [4.78, 5) is 12.0. The van der Waals surface area contributed by atoms with Crippen molar-refractivity contribution in [2.75, 3.05) is 18.5 Å². The quantitative estimate of drug-likeness (QED) is 0.643. The van der Waals surface area contributed by atoms with Crippen LogP contribution >= 0.6 is 0 Å². The summed E-state index contributed by atoms with van der Waals surface area (Å²) in [5.41, 5.74) is 2.65. The Kier molecular flexibility index (Phi) is 5.31. The normalized spacial score (nSPS) is 11.9. The molecule has 3 aromatic carbocycles. The first-order valence-electron chi connectivity index (χ1n) is 8.42. The number of carbonyl (C=O) groups excluding carboxylic acids is 1. The summed E-state index contributed by atoms with van der Waals surface area (Å²) in [5, 5.41) is 17.4. The second-order valence-electron chi connectivity index (χ2n) is 6.03. The molecule has 1 amide bonds. The van der Waals surface area contributed by atoms with Gasteiger partial charge in [-0.3, -0.25) is 4.79 Å². The van der Waals surface area contributed by atoms with Crippen molar-refractivity contribution in [1.82, 2.24) is 5.32 Å². The highest BCUT2D eigenvalue weighted by Gasteiger charge is 2.09. The number of aliphatic hydroxyl groups excluding tert-OH is 1. The molecule has 0 aliphatic rings. The Bertz CT molecular complexity index is 876. The summed E-state index contributed by atoms with van der Waals surface area (Å²) in [5.74, 6) is -0.184. The number of rotatable bonds is 6. The minimum Gasteiger partial charge on any atom is -0.395 e. The van der Waals surface area contributed by atoms with Gasteiger partial charge in [0.25, 0.3) is 5.91 Å². The van der Waals surface area contributed by atoms with Crippen LogP contribution in [-0.4, -0.2) is 24.2 Å². The number of hydrogen-bond acceptors (Lipinski definition) is 3. The van der Waals surface area contributed by atoms with E-state index in [9.17, 15) is 4.79 Å². The number of fused-ring (bicyclic) bond motifs is 1. The van der Waals surface area contributed by atoms with Gasteiger partial charge < -0.3 is 15.7 Å². The Morgan fingerprint density at radius 1 is 1.00 bits per heavy atom. The first-order chi connectivity index (χ1) is 12.2. The molecule has 25 heavy (non-hydrogen) atoms. The van der Waals surface area contributed by atoms with Gasteiger partial charge in [-0.2, -0.15) is 0 Å². The van der Waals surface area contributed by atoms with Gasteiger partial charge in [-0.25, -0.2) is 0 Å². The Morgan fingerprint density at radius 3 is 2.60 bits per heavy atom. The highest BCUT2D eigenvalue weighted by Crippen LogP contribution is 2.24. The molecular weight excluding hydrogens is 312 g/mol. The SMILES string of the molecule is CC(Nc1cccc(C(=O)NCCO)c1)c1ccc2ccccc2c1. The average molecular weight is 334 g/mol. The summed E-state index contributed by atoms with van der Waals surface area (Å²) in [6, 6.07) is 22.2. The molecule has 0 heterocycles. The predicted octanol–water partition coefficient (Wildman–Crippen LogP) is 3.74. The standard InChI is InChI=1S/C21H22N2O2/c1-15(17-10-9-16-5-2-3-6-18(16)13-17)23-20-8-4-7-19(14-20)21(25)22-11-12-24/h2-10,13-15,23-24H,11-12H2,1H3,(H,22,25). The zero-order chi connectivity index (χ0) is 17.6. The number of nitrogens with one attached hydrogen (secondary N) is 2. The van der Waals surface area contributed by atoms with E-state index in [0.29, 0.717) is 5.56 Å². The first-order valence-corrected chi connectivity index (χ1v) is 8.42. The lowest BCUT2D eigenvalue weighted by atomic mass is 10.0. The maximum Gasteiger partial charge on any atom is 0.251 e. The van der Waals surface area contributed by atoms with Crippen LogP contribution < -0.4 is 10.6 Å². The zero-order valence-corrected chi connectivity index (χ0v) is 14.2. The van der Waals surface area contributed by atoms with E-state index in [2.05, 4.69) is 47.9 Å². The topological polar surface area (TPSA) is 61.4 Å². The zero-order valence-electron chi connectivity index (χ0n) is 14.2. The van der Waals surface area contributed by atoms with Gasteiger partial charge in [0.1, 0.15) is 0 Å². The molecular formula is C21H22N2O2. The Labute approximate surface area is 147 Å². The molecule has 0 fully saturated rings. The summed E-state index contributed by atoms with van der Waals surface area (Å²) in [7, 11) is 0. The summed E-state index contributed by atoms with van der Waals surface area (Å²) < 4.78 is 0. The van der Waals surface area contributed by atoms with Gasteiger partial charge in [0.05, 0.1) is 6.61 Å². The van der Waals surface area contributed by atoms with Gasteiger partial charge in [0.2, 0.25) is 0 Å². The van der Waals surface area contributed by atoms with Crippen molar-refractivity contribution in [2.24, 2.45) is 0 Å². The molecule has 0 saturated carbocycles. The lowest BCUT2D eigenvalue weighted by Crippen LogP contribution is -2.26. The lowest BCUT2D eigenvalue weighted by Gasteiger charge is -2.17. The van der Waals surface area contributed by atoms with Crippen molar-refractivity contribution in [3.63, 3.8) is 0 Å². The Hall–Kier alpha value is -2.85. The number of hydrogen-bond donors (Lipinski definition) is 3. The van der Waals surface area contributed by atoms with Crippen LogP contribution in [0.1, 0.15) is 28.9 Å². The average Bonchev–Trinajstić information content (AvgIpc) is 2.65. The van der Waals surface area contributed by atoms with Crippen LogP contribution in [0.15, 0.2) is 66.7 Å². The molecule has 1 unspecified atom stereocenters. The fourth-order valence-electron chi connectivity index (χ4n) is 2.83. The number of carbonyl (C=O) groups is 1. The van der Waals surface area contributed by atoms with Crippen LogP contribution in [0.3, 0.4) is 0 Å². The monoisotopic (exact) mass is 334 g/mol. The van der Waals surface area contributed by atoms with E-state index in [1.54, 1.807) is 6.07 Å². The Morgan fingerprint density at radius 2 is 1.80 bits per heavy atom. The maximum absolute atomic E-state index is 12.0. The Balaban J connectivity index is 1.75. The molecule has 0 saturated heterocycles. The van der Waals surface area contributed by atoms with E-state index in [-0.39, 0.29) is 25.1 Å². The largest absolute Gasteiger partial charge is 0.395 e. The van der Waals surface area contributed by atoms with E-state index >= 15 is 0 Å². The molecule has 0 aliphatic heterocycles. The second-order valence-corrected chi connectivity index (χ2v) is 6.03. The van der Waals surface area contributed by atoms with E-state index in [1.807, 2.05) is 30.3 Å². The molecule has 4 nitrogen and oxygen atoms in total. The summed E-state index contributed by atoms with van der Waals surface area (Å²) >= 11 is 0. The van der Waals surface area contributed by atoms with E-state index in [0.717, 1.165) is 5.69 Å². The lowest BCUT2D eigenvalue weighted by molar-refractivity contribution is 0.0945. The third-order valence-corrected chi connectivity index (χ3v) is 4.18. The van der Waals surface area contributed by atoms with Crippen LogP contribution in [-0.2, 0) is 0 Å². The van der Waals surface area contributed by atoms with Gasteiger partial charge in [-0.1, -0.05) is 42.5 Å². The maximum atomic E-state index is 12.0. The van der Waals surface area contributed by atoms with Crippen LogP contribution in [0.2, 0.25) is 0 Å². The van der Waals surface area contributed by atoms with Crippen LogP contribution in [0, 0.1) is 0 Å². The smallest absolute Gasteiger partial charge is 0.251 e. The molecule has 3 aromatic rings. The third-order valence-electron chi connectivity index (χ3n) is 4.18. The van der Waals surface area contributed by atoms with Crippen molar-refractivity contribution in [2.45, 2.75) is 13.0 Å². The van der Waals surface area contributed by atoms with Gasteiger partial charge >= 0.3 is 0 Å². The summed E-state index contributed by atoms with van der Waals surface area (Å²) in [6.07, 6.45) is 0. The van der Waals surface area contributed by atoms with Crippen molar-refractivity contribution >= 4 is 22.4 Å². The molecule has 3 rings (SSSR count). The second kappa shape index (κ2) is 7.81. The van der Waals surface area contributed by atoms with Gasteiger partial charge in [-0.05, 0) is 47.5 Å². The minimum absolute atomic E-state index is 0.0668. The van der Waals surface area contributed by atoms with Crippen molar-refractivity contribution in [1.29, 1.82) is 0 Å². The molecule has 0 radical (unpaired) electrons. The number of aliphatic hydroxyl groups is 1. The van der Waals surface area contributed by atoms with Crippen molar-refractivity contribution in [3.8, 4) is 0 Å². The number of anilines is 1. The molecule has 128 valence electrons. The highest BCUT2D eigenvalue weighted by atomic mass is 16.3. The summed E-state index contributed by atoms with van der Waals surface area (Å²) in [6.45, 7) is 2.29. The van der Waals surface area contributed by atoms with Gasteiger partial charge in [-0.15, -0.1) is 0 Å². The fraction of sp³-hybridized carbons (Fsp3) is 0.190. The van der Waals surface area contributed by atoms with E-state index < -0.39 is 0 Å². The van der Waals surface area contributed by atoms with Gasteiger partial charge in [0, 0.05) is 23.8 Å². The molecule has 3 N–H and O–H groups in total. The number of amides is 1. The molecule has 4 heteroatoms. The van der Waals surface area contributed by atoms with Crippen molar-refractivity contribution < 1.29 is 9.90 Å². The molecule has 0 aromatic heterocycles. The highest BCUT2D eigenvalue weighted by molar-refractivity contribution is 5.95. The number of benzene rings is 3. The van der Waals surface area contributed by atoms with Gasteiger partial charge in [0.15, 0.2) is 0 Å².